The highest BCUT2D eigenvalue weighted by molar-refractivity contribution is 6.30. The first-order valence-corrected chi connectivity index (χ1v) is 8.64. The molecule has 0 saturated carbocycles. The van der Waals surface area contributed by atoms with Crippen molar-refractivity contribution in [3.8, 4) is 11.5 Å². The minimum atomic E-state index is -0.567. The molecule has 0 spiro atoms. The average molecular weight is 363 g/mol. The Balaban J connectivity index is 1.72. The first-order chi connectivity index (χ1) is 12.1. The summed E-state index contributed by atoms with van der Waals surface area (Å²) in [5.74, 6) is -0.166. The van der Waals surface area contributed by atoms with Crippen LogP contribution < -0.4 is 10.1 Å². The van der Waals surface area contributed by atoms with Crippen molar-refractivity contribution in [2.45, 2.75) is 18.9 Å². The Morgan fingerprint density at radius 2 is 2.04 bits per heavy atom. The number of benzene rings is 2. The average Bonchev–Trinajstić information content (AvgIpc) is 2.64. The van der Waals surface area contributed by atoms with E-state index >= 15 is 0 Å². The number of nitrogens with zero attached hydrogens (tertiary/aromatic N) is 1. The van der Waals surface area contributed by atoms with Gasteiger partial charge in [-0.05, 0) is 62.4 Å². The van der Waals surface area contributed by atoms with Gasteiger partial charge in [0.15, 0.2) is 11.6 Å². The smallest absolute Gasteiger partial charge is 0.254 e. The second kappa shape index (κ2) is 7.85. The predicted molar refractivity (Wildman–Crippen MR) is 95.9 cm³/mol. The topological polar surface area (TPSA) is 41.6 Å². The zero-order valence-corrected chi connectivity index (χ0v) is 14.7. The van der Waals surface area contributed by atoms with E-state index in [1.54, 1.807) is 35.2 Å². The summed E-state index contributed by atoms with van der Waals surface area (Å²) in [6.07, 6.45) is 1.99. The number of hydrogen-bond acceptors (Lipinski definition) is 3. The van der Waals surface area contributed by atoms with Gasteiger partial charge in [-0.3, -0.25) is 4.79 Å². The van der Waals surface area contributed by atoms with Gasteiger partial charge in [-0.1, -0.05) is 11.6 Å². The molecule has 6 heteroatoms. The zero-order chi connectivity index (χ0) is 17.8. The molecule has 1 aliphatic heterocycles. The molecule has 2 aromatic carbocycles. The van der Waals surface area contributed by atoms with Gasteiger partial charge >= 0.3 is 0 Å². The van der Waals surface area contributed by atoms with Gasteiger partial charge in [0.2, 0.25) is 0 Å². The summed E-state index contributed by atoms with van der Waals surface area (Å²) in [4.78, 5) is 14.4. The van der Waals surface area contributed by atoms with Gasteiger partial charge < -0.3 is 15.0 Å². The lowest BCUT2D eigenvalue weighted by Crippen LogP contribution is -2.46. The number of hydrogen-bond donors (Lipinski definition) is 1. The summed E-state index contributed by atoms with van der Waals surface area (Å²) >= 11 is 5.82. The van der Waals surface area contributed by atoms with Crippen LogP contribution in [0, 0.1) is 5.82 Å². The molecule has 2 aromatic rings. The second-order valence-corrected chi connectivity index (χ2v) is 6.52. The minimum Gasteiger partial charge on any atom is -0.454 e. The Bertz CT molecular complexity index is 752. The van der Waals surface area contributed by atoms with Gasteiger partial charge in [0.1, 0.15) is 5.75 Å². The van der Waals surface area contributed by atoms with E-state index in [2.05, 4.69) is 5.32 Å². The van der Waals surface area contributed by atoms with Crippen molar-refractivity contribution in [1.29, 1.82) is 0 Å². The van der Waals surface area contributed by atoms with Crippen LogP contribution in [0.2, 0.25) is 5.02 Å². The van der Waals surface area contributed by atoms with Crippen LogP contribution in [-0.4, -0.2) is 37.0 Å². The second-order valence-electron chi connectivity index (χ2n) is 6.08. The van der Waals surface area contributed by atoms with Crippen LogP contribution in [0.25, 0.3) is 0 Å². The summed E-state index contributed by atoms with van der Waals surface area (Å²) in [5, 5.41) is 3.77. The highest BCUT2D eigenvalue weighted by Gasteiger charge is 2.24. The molecule has 1 amide bonds. The Morgan fingerprint density at radius 1 is 1.28 bits per heavy atom. The number of likely N-dealkylation sites (tertiary alicyclic amines) is 1. The molecule has 1 N–H and O–H groups in total. The Labute approximate surface area is 151 Å². The number of rotatable bonds is 4. The fourth-order valence-electron chi connectivity index (χ4n) is 2.93. The van der Waals surface area contributed by atoms with Crippen molar-refractivity contribution in [3.05, 3.63) is 58.9 Å². The lowest BCUT2D eigenvalue weighted by atomic mass is 10.0. The van der Waals surface area contributed by atoms with Crippen LogP contribution in [0.5, 0.6) is 11.5 Å². The Morgan fingerprint density at radius 3 is 2.72 bits per heavy atom. The molecule has 1 heterocycles. The summed E-state index contributed by atoms with van der Waals surface area (Å²) < 4.78 is 19.9. The lowest BCUT2D eigenvalue weighted by Gasteiger charge is -2.32. The molecule has 0 radical (unpaired) electrons. The van der Waals surface area contributed by atoms with Crippen LogP contribution in [0.3, 0.4) is 0 Å². The Kier molecular flexibility index (Phi) is 5.56. The van der Waals surface area contributed by atoms with Crippen LogP contribution in [0.1, 0.15) is 23.2 Å². The maximum Gasteiger partial charge on any atom is 0.254 e. The fourth-order valence-corrected chi connectivity index (χ4v) is 3.05. The third-order valence-corrected chi connectivity index (χ3v) is 4.59. The van der Waals surface area contributed by atoms with E-state index in [1.165, 1.54) is 12.1 Å². The molecule has 1 atom stereocenters. The van der Waals surface area contributed by atoms with Gasteiger partial charge in [-0.15, -0.1) is 0 Å². The first-order valence-electron chi connectivity index (χ1n) is 8.26. The van der Waals surface area contributed by atoms with Crippen molar-refractivity contribution >= 4 is 17.5 Å². The number of nitrogens with one attached hydrogen (secondary N) is 1. The largest absolute Gasteiger partial charge is 0.454 e. The van der Waals surface area contributed by atoms with Gasteiger partial charge in [0, 0.05) is 29.7 Å². The number of carbonyl (C=O) groups excluding carboxylic acids is 1. The number of piperidine rings is 1. The van der Waals surface area contributed by atoms with Crippen molar-refractivity contribution in [3.63, 3.8) is 0 Å². The summed E-state index contributed by atoms with van der Waals surface area (Å²) in [7, 11) is 1.89. The van der Waals surface area contributed by atoms with E-state index in [1.807, 2.05) is 7.05 Å². The molecule has 132 valence electrons. The number of halogens is 2. The minimum absolute atomic E-state index is 0.0746. The van der Waals surface area contributed by atoms with E-state index in [4.69, 9.17) is 16.3 Å². The zero-order valence-electron chi connectivity index (χ0n) is 14.0. The monoisotopic (exact) mass is 362 g/mol. The third kappa shape index (κ3) is 4.30. The van der Waals surface area contributed by atoms with Crippen molar-refractivity contribution < 1.29 is 13.9 Å². The van der Waals surface area contributed by atoms with Gasteiger partial charge in [0.05, 0.1) is 0 Å². The molecule has 0 aliphatic carbocycles. The molecule has 0 aromatic heterocycles. The van der Waals surface area contributed by atoms with E-state index in [0.29, 0.717) is 29.4 Å². The van der Waals surface area contributed by atoms with Crippen molar-refractivity contribution in [1.82, 2.24) is 10.2 Å². The molecule has 25 heavy (non-hydrogen) atoms. The number of ether oxygens (including phenoxy) is 1. The standard InChI is InChI=1S/C19H20ClFN2O2/c1-22-15-3-2-10-23(12-15)19(24)13-4-9-18(17(21)11-13)25-16-7-5-14(20)6-8-16/h4-9,11,15,22H,2-3,10,12H2,1H3. The lowest BCUT2D eigenvalue weighted by molar-refractivity contribution is 0.0697. The molecule has 3 rings (SSSR count). The predicted octanol–water partition coefficient (Wildman–Crippen LogP) is 4.10. The molecule has 1 fully saturated rings. The summed E-state index contributed by atoms with van der Waals surface area (Å²) in [6.45, 7) is 1.33. The molecule has 4 nitrogen and oxygen atoms in total. The highest BCUT2D eigenvalue weighted by atomic mass is 35.5. The molecular formula is C19H20ClFN2O2. The maximum atomic E-state index is 14.4. The van der Waals surface area contributed by atoms with Crippen molar-refractivity contribution in [2.24, 2.45) is 0 Å². The molecule has 1 saturated heterocycles. The van der Waals surface area contributed by atoms with E-state index < -0.39 is 5.82 Å². The first kappa shape index (κ1) is 17.7. The molecule has 1 aliphatic rings. The van der Waals surface area contributed by atoms with Crippen LogP contribution in [0.4, 0.5) is 4.39 Å². The van der Waals surface area contributed by atoms with Crippen LogP contribution in [0.15, 0.2) is 42.5 Å². The normalized spacial score (nSPS) is 17.4. The summed E-state index contributed by atoms with van der Waals surface area (Å²) in [5.41, 5.74) is 0.331. The molecular weight excluding hydrogens is 343 g/mol. The van der Waals surface area contributed by atoms with Crippen LogP contribution >= 0.6 is 11.6 Å². The maximum absolute atomic E-state index is 14.4. The summed E-state index contributed by atoms with van der Waals surface area (Å²) in [6, 6.07) is 11.3. The third-order valence-electron chi connectivity index (χ3n) is 4.34. The van der Waals surface area contributed by atoms with Gasteiger partial charge in [-0.2, -0.15) is 0 Å². The quantitative estimate of drug-likeness (QED) is 0.890. The van der Waals surface area contributed by atoms with E-state index in [0.717, 1.165) is 12.8 Å². The SMILES string of the molecule is CNC1CCCN(C(=O)c2ccc(Oc3ccc(Cl)cc3)c(F)c2)C1. The number of likely N-dealkylation sites (N-methyl/N-ethyl adjacent to an activating group) is 1. The Hall–Kier alpha value is -2.11. The highest BCUT2D eigenvalue weighted by Crippen LogP contribution is 2.27. The molecule has 1 unspecified atom stereocenters. The van der Waals surface area contributed by atoms with E-state index in [9.17, 15) is 9.18 Å². The van der Waals surface area contributed by atoms with E-state index in [-0.39, 0.29) is 17.7 Å². The number of amides is 1. The molecule has 0 bridgehead atoms. The number of carbonyl (C=O) groups is 1. The fraction of sp³-hybridized carbons (Fsp3) is 0.316. The van der Waals surface area contributed by atoms with Gasteiger partial charge in [0.25, 0.3) is 5.91 Å². The van der Waals surface area contributed by atoms with Crippen molar-refractivity contribution in [2.75, 3.05) is 20.1 Å². The van der Waals surface area contributed by atoms with Crippen LogP contribution in [-0.2, 0) is 0 Å². The van der Waals surface area contributed by atoms with Gasteiger partial charge in [-0.25, -0.2) is 4.39 Å².